The van der Waals surface area contributed by atoms with E-state index in [2.05, 4.69) is 28.4 Å². The second-order valence-corrected chi connectivity index (χ2v) is 7.75. The topological polar surface area (TPSA) is 52.6 Å². The Balaban J connectivity index is 1.87. The third-order valence-corrected chi connectivity index (χ3v) is 5.82. The average Bonchev–Trinajstić information content (AvgIpc) is 2.53. The van der Waals surface area contributed by atoms with Crippen molar-refractivity contribution in [2.24, 2.45) is 0 Å². The van der Waals surface area contributed by atoms with Gasteiger partial charge in [-0.15, -0.1) is 0 Å². The highest BCUT2D eigenvalue weighted by Crippen LogP contribution is 2.11. The smallest absolute Gasteiger partial charge is 0.240 e. The quantitative estimate of drug-likeness (QED) is 0.856. The molecule has 1 aromatic rings. The maximum absolute atomic E-state index is 12.3. The van der Waals surface area contributed by atoms with Gasteiger partial charge >= 0.3 is 0 Å². The number of sulfonamides is 1. The average molecular weight is 325 g/mol. The van der Waals surface area contributed by atoms with E-state index in [0.717, 1.165) is 38.3 Å². The summed E-state index contributed by atoms with van der Waals surface area (Å²) in [6.07, 6.45) is 0. The predicted molar refractivity (Wildman–Crippen MR) is 89.5 cm³/mol. The van der Waals surface area contributed by atoms with Crippen molar-refractivity contribution in [1.29, 1.82) is 0 Å². The van der Waals surface area contributed by atoms with Crippen LogP contribution in [0, 0.1) is 6.92 Å². The van der Waals surface area contributed by atoms with Crippen LogP contribution in [0.1, 0.15) is 19.4 Å². The summed E-state index contributed by atoms with van der Waals surface area (Å²) in [5.74, 6) is 0. The largest absolute Gasteiger partial charge is 0.301 e. The number of hydrogen-bond donors (Lipinski definition) is 1. The van der Waals surface area contributed by atoms with Crippen molar-refractivity contribution >= 4 is 10.0 Å². The Bertz CT molecular complexity index is 564. The Labute approximate surface area is 134 Å². The first kappa shape index (κ1) is 17.4. The summed E-state index contributed by atoms with van der Waals surface area (Å²) < 4.78 is 27.3. The monoisotopic (exact) mass is 325 g/mol. The van der Waals surface area contributed by atoms with Gasteiger partial charge in [-0.3, -0.25) is 4.90 Å². The fraction of sp³-hybridized carbons (Fsp3) is 0.625. The molecule has 1 heterocycles. The highest BCUT2D eigenvalue weighted by Gasteiger charge is 2.22. The Hall–Kier alpha value is -0.950. The first-order valence-electron chi connectivity index (χ1n) is 7.95. The van der Waals surface area contributed by atoms with E-state index < -0.39 is 10.0 Å². The third kappa shape index (κ3) is 4.52. The lowest BCUT2D eigenvalue weighted by atomic mass is 10.2. The molecule has 1 saturated heterocycles. The molecule has 0 amide bonds. The summed E-state index contributed by atoms with van der Waals surface area (Å²) >= 11 is 0. The van der Waals surface area contributed by atoms with Crippen molar-refractivity contribution in [2.45, 2.75) is 31.7 Å². The Morgan fingerprint density at radius 2 is 1.73 bits per heavy atom. The summed E-state index contributed by atoms with van der Waals surface area (Å²) in [7, 11) is -3.41. The van der Waals surface area contributed by atoms with Gasteiger partial charge in [0.1, 0.15) is 0 Å². The van der Waals surface area contributed by atoms with E-state index in [0.29, 0.717) is 11.4 Å². The van der Waals surface area contributed by atoms with Crippen LogP contribution in [-0.4, -0.2) is 63.5 Å². The molecule has 0 saturated carbocycles. The Morgan fingerprint density at radius 3 is 2.27 bits per heavy atom. The standard InChI is InChI=1S/C16H27N3O2S/c1-4-18-9-11-19(12-10-18)15(3)13-17-22(20,21)16-7-5-14(2)6-8-16/h5-8,15,17H,4,9-13H2,1-3H3. The van der Waals surface area contributed by atoms with Gasteiger partial charge in [0, 0.05) is 38.8 Å². The zero-order valence-corrected chi connectivity index (χ0v) is 14.6. The molecule has 6 heteroatoms. The van der Waals surface area contributed by atoms with Crippen LogP contribution in [-0.2, 0) is 10.0 Å². The number of likely N-dealkylation sites (N-methyl/N-ethyl adjacent to an activating group) is 1. The molecule has 1 aliphatic heterocycles. The number of hydrogen-bond acceptors (Lipinski definition) is 4. The molecular weight excluding hydrogens is 298 g/mol. The van der Waals surface area contributed by atoms with E-state index in [1.165, 1.54) is 0 Å². The molecule has 22 heavy (non-hydrogen) atoms. The molecule has 1 unspecified atom stereocenters. The van der Waals surface area contributed by atoms with Gasteiger partial charge in [-0.25, -0.2) is 13.1 Å². The van der Waals surface area contributed by atoms with Gasteiger partial charge in [0.05, 0.1) is 4.90 Å². The zero-order valence-electron chi connectivity index (χ0n) is 13.7. The van der Waals surface area contributed by atoms with Crippen LogP contribution in [0.25, 0.3) is 0 Å². The molecule has 124 valence electrons. The minimum absolute atomic E-state index is 0.208. The maximum atomic E-state index is 12.3. The molecule has 0 spiro atoms. The predicted octanol–water partition coefficient (Wildman–Crippen LogP) is 1.30. The minimum Gasteiger partial charge on any atom is -0.301 e. The normalized spacial score (nSPS) is 19.2. The van der Waals surface area contributed by atoms with Crippen molar-refractivity contribution in [3.63, 3.8) is 0 Å². The molecule has 0 aliphatic carbocycles. The lowest BCUT2D eigenvalue weighted by molar-refractivity contribution is 0.107. The van der Waals surface area contributed by atoms with Crippen LogP contribution < -0.4 is 4.72 Å². The minimum atomic E-state index is -3.41. The fourth-order valence-corrected chi connectivity index (χ4v) is 3.80. The van der Waals surface area contributed by atoms with E-state index in [1.54, 1.807) is 12.1 Å². The van der Waals surface area contributed by atoms with Gasteiger partial charge in [-0.1, -0.05) is 24.6 Å². The van der Waals surface area contributed by atoms with E-state index in [9.17, 15) is 8.42 Å². The van der Waals surface area contributed by atoms with Crippen LogP contribution in [0.3, 0.4) is 0 Å². The van der Waals surface area contributed by atoms with Gasteiger partial charge in [-0.05, 0) is 32.5 Å². The van der Waals surface area contributed by atoms with E-state index in [-0.39, 0.29) is 6.04 Å². The molecule has 1 aromatic carbocycles. The maximum Gasteiger partial charge on any atom is 0.240 e. The van der Waals surface area contributed by atoms with Crippen molar-refractivity contribution < 1.29 is 8.42 Å². The highest BCUT2D eigenvalue weighted by atomic mass is 32.2. The molecule has 1 atom stereocenters. The molecule has 2 rings (SSSR count). The molecule has 0 bridgehead atoms. The second-order valence-electron chi connectivity index (χ2n) is 5.98. The lowest BCUT2D eigenvalue weighted by Crippen LogP contribution is -2.52. The van der Waals surface area contributed by atoms with Crippen LogP contribution >= 0.6 is 0 Å². The van der Waals surface area contributed by atoms with Crippen molar-refractivity contribution in [3.8, 4) is 0 Å². The summed E-state index contributed by atoms with van der Waals surface area (Å²) in [4.78, 5) is 5.10. The number of benzene rings is 1. The molecular formula is C16H27N3O2S. The zero-order chi connectivity index (χ0) is 16.2. The van der Waals surface area contributed by atoms with Gasteiger partial charge in [0.2, 0.25) is 10.0 Å². The van der Waals surface area contributed by atoms with E-state index in [4.69, 9.17) is 0 Å². The third-order valence-electron chi connectivity index (χ3n) is 4.38. The Kier molecular flexibility index (Phi) is 5.97. The lowest BCUT2D eigenvalue weighted by Gasteiger charge is -2.37. The van der Waals surface area contributed by atoms with Crippen molar-refractivity contribution in [1.82, 2.24) is 14.5 Å². The number of nitrogens with one attached hydrogen (secondary N) is 1. The molecule has 1 N–H and O–H groups in total. The first-order valence-corrected chi connectivity index (χ1v) is 9.43. The van der Waals surface area contributed by atoms with Gasteiger partial charge in [0.25, 0.3) is 0 Å². The van der Waals surface area contributed by atoms with Gasteiger partial charge < -0.3 is 4.90 Å². The molecule has 1 fully saturated rings. The van der Waals surface area contributed by atoms with Crippen LogP contribution in [0.15, 0.2) is 29.2 Å². The van der Waals surface area contributed by atoms with E-state index >= 15 is 0 Å². The summed E-state index contributed by atoms with van der Waals surface area (Å²) in [5, 5.41) is 0. The summed E-state index contributed by atoms with van der Waals surface area (Å²) in [5.41, 5.74) is 1.06. The number of rotatable bonds is 6. The highest BCUT2D eigenvalue weighted by molar-refractivity contribution is 7.89. The fourth-order valence-electron chi connectivity index (χ4n) is 2.68. The first-order chi connectivity index (χ1) is 10.4. The van der Waals surface area contributed by atoms with Crippen LogP contribution in [0.4, 0.5) is 0 Å². The second kappa shape index (κ2) is 7.55. The summed E-state index contributed by atoms with van der Waals surface area (Å²) in [6.45, 7) is 11.9. The molecule has 0 aromatic heterocycles. The van der Waals surface area contributed by atoms with Gasteiger partial charge in [-0.2, -0.15) is 0 Å². The molecule has 5 nitrogen and oxygen atoms in total. The van der Waals surface area contributed by atoms with Crippen molar-refractivity contribution in [3.05, 3.63) is 29.8 Å². The molecule has 0 radical (unpaired) electrons. The number of nitrogens with zero attached hydrogens (tertiary/aromatic N) is 2. The number of aryl methyl sites for hydroxylation is 1. The van der Waals surface area contributed by atoms with Crippen LogP contribution in [0.2, 0.25) is 0 Å². The van der Waals surface area contributed by atoms with Crippen LogP contribution in [0.5, 0.6) is 0 Å². The van der Waals surface area contributed by atoms with E-state index in [1.807, 2.05) is 19.1 Å². The summed E-state index contributed by atoms with van der Waals surface area (Å²) in [6, 6.07) is 7.16. The van der Waals surface area contributed by atoms with Gasteiger partial charge in [0.15, 0.2) is 0 Å². The molecule has 1 aliphatic rings. The number of piperazine rings is 1. The SMILES string of the molecule is CCN1CCN(C(C)CNS(=O)(=O)c2ccc(C)cc2)CC1. The Morgan fingerprint density at radius 1 is 1.14 bits per heavy atom. The van der Waals surface area contributed by atoms with Crippen molar-refractivity contribution in [2.75, 3.05) is 39.3 Å².